The normalized spacial score (nSPS) is 11.0. The molecule has 13 heavy (non-hydrogen) atoms. The number of hydrogen-bond donors (Lipinski definition) is 0. The van der Waals surface area contributed by atoms with Gasteiger partial charge < -0.3 is 14.0 Å². The second-order valence-corrected chi connectivity index (χ2v) is 2.54. The predicted octanol–water partition coefficient (Wildman–Crippen LogP) is 1.62. The minimum atomic E-state index is -0.208. The van der Waals surface area contributed by atoms with E-state index in [2.05, 4.69) is 5.16 Å². The topological polar surface area (TPSA) is 44.5 Å². The van der Waals surface area contributed by atoms with Crippen molar-refractivity contribution < 1.29 is 14.0 Å². The Kier molecular flexibility index (Phi) is 4.49. The van der Waals surface area contributed by atoms with Gasteiger partial charge in [-0.05, 0) is 13.8 Å². The van der Waals surface area contributed by atoms with E-state index in [1.807, 2.05) is 19.9 Å². The Labute approximate surface area is 77.8 Å². The molecule has 0 atom stereocenters. The quantitative estimate of drug-likeness (QED) is 0.632. The lowest BCUT2D eigenvalue weighted by Gasteiger charge is -2.14. The molecule has 0 spiro atoms. The second kappa shape index (κ2) is 5.72. The van der Waals surface area contributed by atoms with Crippen LogP contribution in [0.2, 0.25) is 0 Å². The van der Waals surface area contributed by atoms with Gasteiger partial charge in [0.15, 0.2) is 6.29 Å². The molecular formula is C9H15NO3. The maximum Gasteiger partial charge on any atom is 0.163 e. The zero-order valence-corrected chi connectivity index (χ0v) is 8.03. The zero-order valence-electron chi connectivity index (χ0n) is 8.03. The van der Waals surface area contributed by atoms with Gasteiger partial charge in [-0.3, -0.25) is 0 Å². The zero-order chi connectivity index (χ0) is 9.52. The van der Waals surface area contributed by atoms with E-state index in [1.54, 1.807) is 6.26 Å². The highest BCUT2D eigenvalue weighted by Gasteiger charge is 2.10. The molecule has 1 heterocycles. The first-order chi connectivity index (χ1) is 6.36. The Bertz CT molecular complexity index is 205. The van der Waals surface area contributed by atoms with Crippen molar-refractivity contribution in [3.8, 4) is 0 Å². The fourth-order valence-corrected chi connectivity index (χ4v) is 1.05. The van der Waals surface area contributed by atoms with Crippen LogP contribution in [-0.4, -0.2) is 24.7 Å². The first-order valence-electron chi connectivity index (χ1n) is 4.49. The minimum Gasteiger partial charge on any atom is -0.365 e. The van der Waals surface area contributed by atoms with Crippen molar-refractivity contribution in [2.45, 2.75) is 26.6 Å². The molecule has 0 amide bonds. The summed E-state index contributed by atoms with van der Waals surface area (Å²) >= 11 is 0. The largest absolute Gasteiger partial charge is 0.365 e. The molecule has 1 aromatic rings. The van der Waals surface area contributed by atoms with Gasteiger partial charge in [0.25, 0.3) is 0 Å². The third-order valence-corrected chi connectivity index (χ3v) is 1.57. The summed E-state index contributed by atoms with van der Waals surface area (Å²) < 4.78 is 15.4. The lowest BCUT2D eigenvalue weighted by Crippen LogP contribution is -2.20. The molecule has 0 saturated heterocycles. The molecule has 4 heteroatoms. The average molecular weight is 185 g/mol. The molecule has 0 saturated carbocycles. The Morgan fingerprint density at radius 2 is 2.08 bits per heavy atom. The first kappa shape index (κ1) is 10.2. The molecule has 0 N–H and O–H groups in total. The van der Waals surface area contributed by atoms with Crippen molar-refractivity contribution in [1.82, 2.24) is 5.16 Å². The van der Waals surface area contributed by atoms with Gasteiger partial charge in [-0.2, -0.15) is 0 Å². The summed E-state index contributed by atoms with van der Waals surface area (Å²) in [5.41, 5.74) is 0.854. The Morgan fingerprint density at radius 3 is 2.54 bits per heavy atom. The van der Waals surface area contributed by atoms with E-state index in [0.29, 0.717) is 19.6 Å². The molecule has 1 rings (SSSR count). The second-order valence-electron chi connectivity index (χ2n) is 2.54. The smallest absolute Gasteiger partial charge is 0.163 e. The molecule has 0 bridgehead atoms. The highest BCUT2D eigenvalue weighted by molar-refractivity contribution is 4.95. The number of rotatable bonds is 6. The van der Waals surface area contributed by atoms with Gasteiger partial charge in [-0.1, -0.05) is 5.16 Å². The number of ether oxygens (including phenoxy) is 2. The van der Waals surface area contributed by atoms with E-state index in [-0.39, 0.29) is 6.29 Å². The molecule has 0 radical (unpaired) electrons. The number of nitrogens with zero attached hydrogens (tertiary/aromatic N) is 1. The average Bonchev–Trinajstić information content (AvgIpc) is 2.58. The van der Waals surface area contributed by atoms with Crippen LogP contribution in [-0.2, 0) is 15.9 Å². The van der Waals surface area contributed by atoms with Gasteiger partial charge in [0.1, 0.15) is 6.26 Å². The molecule has 74 valence electrons. The number of aromatic nitrogens is 1. The van der Waals surface area contributed by atoms with Crippen molar-refractivity contribution in [1.29, 1.82) is 0 Å². The summed E-state index contributed by atoms with van der Waals surface area (Å²) in [7, 11) is 0. The van der Waals surface area contributed by atoms with Crippen molar-refractivity contribution in [3.63, 3.8) is 0 Å². The van der Waals surface area contributed by atoms with Crippen LogP contribution in [0.3, 0.4) is 0 Å². The summed E-state index contributed by atoms with van der Waals surface area (Å²) in [6.07, 6.45) is 1.97. The van der Waals surface area contributed by atoms with E-state index in [1.165, 1.54) is 0 Å². The van der Waals surface area contributed by atoms with Crippen LogP contribution in [0.1, 0.15) is 19.5 Å². The van der Waals surface area contributed by atoms with Gasteiger partial charge >= 0.3 is 0 Å². The molecule has 0 aliphatic rings. The monoisotopic (exact) mass is 185 g/mol. The van der Waals surface area contributed by atoms with Gasteiger partial charge in [0.2, 0.25) is 0 Å². The first-order valence-corrected chi connectivity index (χ1v) is 4.49. The van der Waals surface area contributed by atoms with Crippen molar-refractivity contribution in [2.24, 2.45) is 0 Å². The maximum absolute atomic E-state index is 5.35. The lowest BCUT2D eigenvalue weighted by molar-refractivity contribution is -0.135. The van der Waals surface area contributed by atoms with Gasteiger partial charge in [-0.15, -0.1) is 0 Å². The van der Waals surface area contributed by atoms with E-state index in [0.717, 1.165) is 5.69 Å². The minimum absolute atomic E-state index is 0.208. The van der Waals surface area contributed by atoms with Gasteiger partial charge in [0.05, 0.1) is 5.69 Å². The van der Waals surface area contributed by atoms with Crippen LogP contribution in [0, 0.1) is 0 Å². The Balaban J connectivity index is 2.37. The van der Waals surface area contributed by atoms with Crippen molar-refractivity contribution in [3.05, 3.63) is 18.0 Å². The lowest BCUT2D eigenvalue weighted by atomic mass is 10.3. The third kappa shape index (κ3) is 3.57. The van der Waals surface area contributed by atoms with Gasteiger partial charge in [-0.25, -0.2) is 0 Å². The van der Waals surface area contributed by atoms with Crippen molar-refractivity contribution in [2.75, 3.05) is 13.2 Å². The van der Waals surface area contributed by atoms with Crippen LogP contribution in [0.5, 0.6) is 0 Å². The van der Waals surface area contributed by atoms with Crippen LogP contribution < -0.4 is 0 Å². The van der Waals surface area contributed by atoms with E-state index >= 15 is 0 Å². The van der Waals surface area contributed by atoms with E-state index < -0.39 is 0 Å². The highest BCUT2D eigenvalue weighted by Crippen LogP contribution is 2.04. The SMILES string of the molecule is CCOC(Cc1ccon1)OCC. The summed E-state index contributed by atoms with van der Waals surface area (Å²) in [6, 6.07) is 1.81. The van der Waals surface area contributed by atoms with Gasteiger partial charge in [0, 0.05) is 25.7 Å². The summed E-state index contributed by atoms with van der Waals surface area (Å²) in [6.45, 7) is 5.16. The molecule has 4 nitrogen and oxygen atoms in total. The summed E-state index contributed by atoms with van der Waals surface area (Å²) in [4.78, 5) is 0. The maximum atomic E-state index is 5.35. The summed E-state index contributed by atoms with van der Waals surface area (Å²) in [5, 5.41) is 3.79. The highest BCUT2D eigenvalue weighted by atomic mass is 16.7. The van der Waals surface area contributed by atoms with E-state index in [9.17, 15) is 0 Å². The molecule has 0 aliphatic heterocycles. The third-order valence-electron chi connectivity index (χ3n) is 1.57. The standard InChI is InChI=1S/C9H15NO3/c1-3-11-9(12-4-2)7-8-5-6-13-10-8/h5-6,9H,3-4,7H2,1-2H3. The predicted molar refractivity (Wildman–Crippen MR) is 47.2 cm³/mol. The van der Waals surface area contributed by atoms with E-state index in [4.69, 9.17) is 14.0 Å². The molecule has 0 aliphatic carbocycles. The van der Waals surface area contributed by atoms with Crippen molar-refractivity contribution >= 4 is 0 Å². The Hall–Kier alpha value is -0.870. The summed E-state index contributed by atoms with van der Waals surface area (Å²) in [5.74, 6) is 0. The molecule has 1 aromatic heterocycles. The van der Waals surface area contributed by atoms with Crippen LogP contribution >= 0.6 is 0 Å². The van der Waals surface area contributed by atoms with Crippen LogP contribution in [0.15, 0.2) is 16.9 Å². The number of hydrogen-bond acceptors (Lipinski definition) is 4. The molecule has 0 aromatic carbocycles. The van der Waals surface area contributed by atoms with Crippen LogP contribution in [0.4, 0.5) is 0 Å². The van der Waals surface area contributed by atoms with Crippen LogP contribution in [0.25, 0.3) is 0 Å². The molecule has 0 fully saturated rings. The Morgan fingerprint density at radius 1 is 1.38 bits per heavy atom. The molecular weight excluding hydrogens is 170 g/mol. The fraction of sp³-hybridized carbons (Fsp3) is 0.667. The molecule has 0 unspecified atom stereocenters. The fourth-order valence-electron chi connectivity index (χ4n) is 1.05.